The smallest absolute Gasteiger partial charge is 0.0934 e. The van der Waals surface area contributed by atoms with E-state index in [1.54, 1.807) is 18.0 Å². The standard InChI is InChI=1S/C13H25N5O/c1-12(2)5-7-13(19-4,8-6-12)11(16-14)10-9-15-17-18(10)3/h9,11,16H,5-8,14H2,1-4H3. The molecule has 0 bridgehead atoms. The van der Waals surface area contributed by atoms with Crippen LogP contribution in [-0.2, 0) is 11.8 Å². The molecule has 0 spiro atoms. The maximum absolute atomic E-state index is 5.89. The van der Waals surface area contributed by atoms with Crippen molar-refractivity contribution in [2.45, 2.75) is 51.2 Å². The van der Waals surface area contributed by atoms with Crippen molar-refractivity contribution in [3.8, 4) is 0 Å². The first-order valence-electron chi connectivity index (χ1n) is 6.80. The topological polar surface area (TPSA) is 78.0 Å². The first kappa shape index (κ1) is 14.4. The Balaban J connectivity index is 2.27. The van der Waals surface area contributed by atoms with Crippen molar-refractivity contribution in [3.63, 3.8) is 0 Å². The van der Waals surface area contributed by atoms with Gasteiger partial charge < -0.3 is 4.74 Å². The molecule has 1 aliphatic carbocycles. The molecule has 0 saturated heterocycles. The minimum absolute atomic E-state index is 0.0893. The molecule has 6 heteroatoms. The van der Waals surface area contributed by atoms with Gasteiger partial charge in [-0.1, -0.05) is 19.1 Å². The van der Waals surface area contributed by atoms with E-state index in [9.17, 15) is 0 Å². The first-order chi connectivity index (χ1) is 8.94. The SMILES string of the molecule is COC1(C(NN)c2cnnn2C)CCC(C)(C)CC1. The summed E-state index contributed by atoms with van der Waals surface area (Å²) in [6.45, 7) is 4.62. The number of rotatable bonds is 4. The highest BCUT2D eigenvalue weighted by Crippen LogP contribution is 2.46. The maximum Gasteiger partial charge on any atom is 0.0934 e. The van der Waals surface area contributed by atoms with E-state index < -0.39 is 0 Å². The van der Waals surface area contributed by atoms with Gasteiger partial charge in [-0.05, 0) is 31.1 Å². The number of nitrogens with one attached hydrogen (secondary N) is 1. The van der Waals surface area contributed by atoms with E-state index in [4.69, 9.17) is 10.6 Å². The van der Waals surface area contributed by atoms with Crippen LogP contribution in [0, 0.1) is 5.41 Å². The molecule has 3 N–H and O–H groups in total. The molecule has 0 aliphatic heterocycles. The van der Waals surface area contributed by atoms with Gasteiger partial charge in [0, 0.05) is 14.2 Å². The Bertz CT molecular complexity index is 418. The minimum Gasteiger partial charge on any atom is -0.376 e. The second kappa shape index (κ2) is 5.19. The first-order valence-corrected chi connectivity index (χ1v) is 6.80. The van der Waals surface area contributed by atoms with E-state index >= 15 is 0 Å². The Morgan fingerprint density at radius 1 is 1.37 bits per heavy atom. The van der Waals surface area contributed by atoms with Gasteiger partial charge >= 0.3 is 0 Å². The Kier molecular flexibility index (Phi) is 3.94. The lowest BCUT2D eigenvalue weighted by Crippen LogP contribution is -2.51. The second-order valence-corrected chi connectivity index (χ2v) is 6.32. The van der Waals surface area contributed by atoms with Crippen molar-refractivity contribution in [1.82, 2.24) is 20.4 Å². The molecule has 1 aliphatic rings. The zero-order valence-corrected chi connectivity index (χ0v) is 12.3. The van der Waals surface area contributed by atoms with Crippen molar-refractivity contribution < 1.29 is 4.74 Å². The lowest BCUT2D eigenvalue weighted by molar-refractivity contribution is -0.0892. The molecule has 1 heterocycles. The highest BCUT2D eigenvalue weighted by molar-refractivity contribution is 5.11. The Morgan fingerprint density at radius 2 is 2.00 bits per heavy atom. The summed E-state index contributed by atoms with van der Waals surface area (Å²) in [6.07, 6.45) is 5.98. The van der Waals surface area contributed by atoms with Crippen LogP contribution in [0.5, 0.6) is 0 Å². The number of aryl methyl sites for hydroxylation is 1. The van der Waals surface area contributed by atoms with E-state index in [0.29, 0.717) is 5.41 Å². The quantitative estimate of drug-likeness (QED) is 0.635. The number of nitrogens with zero attached hydrogens (tertiary/aromatic N) is 3. The number of methoxy groups -OCH3 is 1. The molecule has 1 aromatic heterocycles. The summed E-state index contributed by atoms with van der Waals surface area (Å²) in [5.74, 6) is 5.79. The summed E-state index contributed by atoms with van der Waals surface area (Å²) in [5, 5.41) is 7.93. The van der Waals surface area contributed by atoms with Gasteiger partial charge in [-0.25, -0.2) is 5.43 Å². The second-order valence-electron chi connectivity index (χ2n) is 6.32. The zero-order valence-electron chi connectivity index (χ0n) is 12.3. The van der Waals surface area contributed by atoms with E-state index in [-0.39, 0.29) is 11.6 Å². The Morgan fingerprint density at radius 3 is 2.42 bits per heavy atom. The van der Waals surface area contributed by atoms with Gasteiger partial charge in [-0.3, -0.25) is 10.5 Å². The molecular formula is C13H25N5O. The van der Waals surface area contributed by atoms with Crippen LogP contribution in [0.15, 0.2) is 6.20 Å². The van der Waals surface area contributed by atoms with Crippen LogP contribution in [0.3, 0.4) is 0 Å². The van der Waals surface area contributed by atoms with Crippen LogP contribution in [-0.4, -0.2) is 27.7 Å². The number of aromatic nitrogens is 3. The van der Waals surface area contributed by atoms with Crippen LogP contribution >= 0.6 is 0 Å². The number of ether oxygens (including phenoxy) is 1. The molecule has 2 rings (SSSR count). The third-order valence-corrected chi connectivity index (χ3v) is 4.59. The summed E-state index contributed by atoms with van der Waals surface area (Å²) in [4.78, 5) is 0. The molecule has 6 nitrogen and oxygen atoms in total. The number of hydrogen-bond acceptors (Lipinski definition) is 5. The largest absolute Gasteiger partial charge is 0.376 e. The molecule has 1 unspecified atom stereocenters. The van der Waals surface area contributed by atoms with Gasteiger partial charge in [0.2, 0.25) is 0 Å². The molecule has 1 saturated carbocycles. The third-order valence-electron chi connectivity index (χ3n) is 4.59. The zero-order chi connectivity index (χ0) is 14.1. The lowest BCUT2D eigenvalue weighted by atomic mass is 9.68. The summed E-state index contributed by atoms with van der Waals surface area (Å²) in [7, 11) is 3.65. The maximum atomic E-state index is 5.89. The molecule has 0 aromatic carbocycles. The van der Waals surface area contributed by atoms with Crippen molar-refractivity contribution in [1.29, 1.82) is 0 Å². The fourth-order valence-electron chi connectivity index (χ4n) is 3.03. The van der Waals surface area contributed by atoms with Crippen molar-refractivity contribution in [3.05, 3.63) is 11.9 Å². The molecule has 108 valence electrons. The van der Waals surface area contributed by atoms with Crippen LogP contribution < -0.4 is 11.3 Å². The van der Waals surface area contributed by atoms with E-state index in [1.807, 2.05) is 7.05 Å². The summed E-state index contributed by atoms with van der Waals surface area (Å²) < 4.78 is 7.65. The van der Waals surface area contributed by atoms with Crippen LogP contribution in [0.2, 0.25) is 0 Å². The lowest BCUT2D eigenvalue weighted by Gasteiger charge is -2.46. The Hall–Kier alpha value is -0.980. The van der Waals surface area contributed by atoms with E-state index in [1.165, 1.54) is 0 Å². The summed E-state index contributed by atoms with van der Waals surface area (Å²) >= 11 is 0. The number of hydrazine groups is 1. The highest BCUT2D eigenvalue weighted by Gasteiger charge is 2.45. The molecule has 1 atom stereocenters. The molecule has 0 amide bonds. The van der Waals surface area contributed by atoms with Gasteiger partial charge in [0.15, 0.2) is 0 Å². The normalized spacial score (nSPS) is 23.2. The van der Waals surface area contributed by atoms with Gasteiger partial charge in [0.25, 0.3) is 0 Å². The molecule has 1 aromatic rings. The van der Waals surface area contributed by atoms with E-state index in [2.05, 4.69) is 29.6 Å². The molecular weight excluding hydrogens is 242 g/mol. The fraction of sp³-hybridized carbons (Fsp3) is 0.846. The average molecular weight is 267 g/mol. The molecule has 0 radical (unpaired) electrons. The summed E-state index contributed by atoms with van der Waals surface area (Å²) in [5.41, 5.74) is 3.97. The van der Waals surface area contributed by atoms with Crippen LogP contribution in [0.25, 0.3) is 0 Å². The number of nitrogens with two attached hydrogens (primary N) is 1. The monoisotopic (exact) mass is 267 g/mol. The highest BCUT2D eigenvalue weighted by atomic mass is 16.5. The van der Waals surface area contributed by atoms with Gasteiger partial charge in [-0.2, -0.15) is 0 Å². The minimum atomic E-state index is -0.278. The van der Waals surface area contributed by atoms with Crippen molar-refractivity contribution in [2.75, 3.05) is 7.11 Å². The molecule has 1 fully saturated rings. The van der Waals surface area contributed by atoms with Gasteiger partial charge in [0.1, 0.15) is 0 Å². The van der Waals surface area contributed by atoms with Crippen molar-refractivity contribution in [2.24, 2.45) is 18.3 Å². The van der Waals surface area contributed by atoms with Crippen LogP contribution in [0.4, 0.5) is 0 Å². The van der Waals surface area contributed by atoms with Gasteiger partial charge in [0.05, 0.1) is 23.5 Å². The Labute approximate surface area is 114 Å². The third kappa shape index (κ3) is 2.66. The number of hydrogen-bond donors (Lipinski definition) is 2. The van der Waals surface area contributed by atoms with E-state index in [0.717, 1.165) is 31.4 Å². The summed E-state index contributed by atoms with van der Waals surface area (Å²) in [6, 6.07) is -0.0893. The average Bonchev–Trinajstić information content (AvgIpc) is 2.79. The molecule has 19 heavy (non-hydrogen) atoms. The van der Waals surface area contributed by atoms with Crippen molar-refractivity contribution >= 4 is 0 Å². The predicted molar refractivity (Wildman–Crippen MR) is 73.1 cm³/mol. The van der Waals surface area contributed by atoms with Gasteiger partial charge in [-0.15, -0.1) is 5.10 Å². The van der Waals surface area contributed by atoms with Crippen LogP contribution in [0.1, 0.15) is 51.3 Å². The fourth-order valence-corrected chi connectivity index (χ4v) is 3.03. The predicted octanol–water partition coefficient (Wildman–Crippen LogP) is 1.30.